The van der Waals surface area contributed by atoms with Gasteiger partial charge in [0.1, 0.15) is 5.76 Å². The van der Waals surface area contributed by atoms with E-state index >= 15 is 0 Å². The van der Waals surface area contributed by atoms with Crippen LogP contribution in [0.5, 0.6) is 0 Å². The predicted molar refractivity (Wildman–Crippen MR) is 85.2 cm³/mol. The van der Waals surface area contributed by atoms with Crippen molar-refractivity contribution >= 4 is 0 Å². The van der Waals surface area contributed by atoms with Crippen LogP contribution < -0.4 is 5.32 Å². The molecule has 0 aromatic carbocycles. The van der Waals surface area contributed by atoms with Crippen LogP contribution in [0.3, 0.4) is 0 Å². The molecule has 0 aliphatic carbocycles. The Hall–Kier alpha value is -0.840. The Balaban J connectivity index is 1.77. The molecule has 0 radical (unpaired) electrons. The van der Waals surface area contributed by atoms with Crippen LogP contribution in [0, 0.1) is 5.92 Å². The first-order valence-corrected chi connectivity index (χ1v) is 8.29. The van der Waals surface area contributed by atoms with Crippen LogP contribution in [-0.4, -0.2) is 37.2 Å². The third-order valence-corrected chi connectivity index (χ3v) is 4.01. The minimum absolute atomic E-state index is 0.461. The van der Waals surface area contributed by atoms with Crippen molar-refractivity contribution in [2.24, 2.45) is 5.92 Å². The minimum Gasteiger partial charge on any atom is -0.468 e. The fourth-order valence-electron chi connectivity index (χ4n) is 2.85. The molecule has 1 saturated heterocycles. The van der Waals surface area contributed by atoms with Gasteiger partial charge in [-0.2, -0.15) is 0 Å². The van der Waals surface area contributed by atoms with Gasteiger partial charge < -0.3 is 14.5 Å². The third-order valence-electron chi connectivity index (χ3n) is 4.01. The zero-order valence-corrected chi connectivity index (χ0v) is 13.7. The number of hydrogen-bond acceptors (Lipinski definition) is 4. The molecule has 1 aliphatic heterocycles. The van der Waals surface area contributed by atoms with E-state index in [1.807, 2.05) is 6.26 Å². The van der Waals surface area contributed by atoms with Crippen LogP contribution in [0.4, 0.5) is 0 Å². The molecule has 1 fully saturated rings. The Bertz CT molecular complexity index is 395. The van der Waals surface area contributed by atoms with Crippen LogP contribution in [-0.2, 0) is 17.8 Å². The fourth-order valence-corrected chi connectivity index (χ4v) is 2.85. The number of piperidine rings is 1. The Morgan fingerprint density at radius 3 is 2.81 bits per heavy atom. The number of nitrogens with zero attached hydrogens (tertiary/aromatic N) is 1. The van der Waals surface area contributed by atoms with E-state index in [1.165, 1.54) is 5.56 Å². The first kappa shape index (κ1) is 16.5. The van der Waals surface area contributed by atoms with Crippen LogP contribution >= 0.6 is 0 Å². The molecule has 1 aromatic heterocycles. The average Bonchev–Trinajstić information content (AvgIpc) is 2.88. The second kappa shape index (κ2) is 8.57. The van der Waals surface area contributed by atoms with E-state index in [0.717, 1.165) is 57.9 Å². The monoisotopic (exact) mass is 294 g/mol. The highest BCUT2D eigenvalue weighted by molar-refractivity contribution is 5.17. The number of ether oxygens (including phenoxy) is 1. The molecule has 1 aliphatic rings. The highest BCUT2D eigenvalue weighted by Crippen LogP contribution is 2.19. The summed E-state index contributed by atoms with van der Waals surface area (Å²) in [5.74, 6) is 1.75. The number of rotatable bonds is 8. The Morgan fingerprint density at radius 1 is 1.38 bits per heavy atom. The van der Waals surface area contributed by atoms with Crippen molar-refractivity contribution in [1.82, 2.24) is 10.2 Å². The van der Waals surface area contributed by atoms with Gasteiger partial charge in [-0.05, 0) is 38.3 Å². The lowest BCUT2D eigenvalue weighted by Gasteiger charge is -2.31. The molecule has 0 atom stereocenters. The quantitative estimate of drug-likeness (QED) is 0.800. The zero-order valence-electron chi connectivity index (χ0n) is 13.7. The second-order valence-corrected chi connectivity index (χ2v) is 6.32. The highest BCUT2D eigenvalue weighted by atomic mass is 16.5. The molecule has 0 unspecified atom stereocenters. The maximum atomic E-state index is 5.71. The van der Waals surface area contributed by atoms with Gasteiger partial charge in [0.05, 0.1) is 18.9 Å². The van der Waals surface area contributed by atoms with Crippen LogP contribution in [0.15, 0.2) is 16.7 Å². The lowest BCUT2D eigenvalue weighted by molar-refractivity contribution is 0.0124. The van der Waals surface area contributed by atoms with Crippen molar-refractivity contribution in [1.29, 1.82) is 0 Å². The van der Waals surface area contributed by atoms with E-state index in [-0.39, 0.29) is 0 Å². The van der Waals surface area contributed by atoms with Crippen LogP contribution in [0.1, 0.15) is 44.9 Å². The third kappa shape index (κ3) is 5.46. The molecule has 0 spiro atoms. The first-order chi connectivity index (χ1) is 10.2. The summed E-state index contributed by atoms with van der Waals surface area (Å²) in [4.78, 5) is 2.51. The summed E-state index contributed by atoms with van der Waals surface area (Å²) in [5, 5.41) is 3.46. The SMILES string of the molecule is CCOC1CCN(Cc2ccoc2CNCC(C)C)CC1. The molecular weight excluding hydrogens is 264 g/mol. The van der Waals surface area contributed by atoms with Crippen molar-refractivity contribution < 1.29 is 9.15 Å². The molecule has 0 amide bonds. The van der Waals surface area contributed by atoms with Crippen molar-refractivity contribution in [3.8, 4) is 0 Å². The summed E-state index contributed by atoms with van der Waals surface area (Å²) in [7, 11) is 0. The van der Waals surface area contributed by atoms with Gasteiger partial charge in [-0.15, -0.1) is 0 Å². The minimum atomic E-state index is 0.461. The van der Waals surface area contributed by atoms with E-state index in [2.05, 4.69) is 37.1 Å². The van der Waals surface area contributed by atoms with E-state index in [0.29, 0.717) is 12.0 Å². The van der Waals surface area contributed by atoms with Gasteiger partial charge in [0.2, 0.25) is 0 Å². The molecule has 0 saturated carbocycles. The molecular formula is C17H30N2O2. The Labute approximate surface area is 128 Å². The Morgan fingerprint density at radius 2 is 2.14 bits per heavy atom. The maximum absolute atomic E-state index is 5.71. The van der Waals surface area contributed by atoms with Gasteiger partial charge in [0.15, 0.2) is 0 Å². The molecule has 1 N–H and O–H groups in total. The Kier molecular flexibility index (Phi) is 6.74. The van der Waals surface area contributed by atoms with E-state index in [9.17, 15) is 0 Å². The maximum Gasteiger partial charge on any atom is 0.122 e. The average molecular weight is 294 g/mol. The summed E-state index contributed by atoms with van der Waals surface area (Å²) in [6.45, 7) is 12.4. The van der Waals surface area contributed by atoms with Gasteiger partial charge >= 0.3 is 0 Å². The van der Waals surface area contributed by atoms with Crippen molar-refractivity contribution in [2.45, 2.75) is 52.8 Å². The van der Waals surface area contributed by atoms with Crippen LogP contribution in [0.25, 0.3) is 0 Å². The predicted octanol–water partition coefficient (Wildman–Crippen LogP) is 3.03. The van der Waals surface area contributed by atoms with Gasteiger partial charge in [-0.3, -0.25) is 4.90 Å². The largest absolute Gasteiger partial charge is 0.468 e. The summed E-state index contributed by atoms with van der Waals surface area (Å²) in [6, 6.07) is 2.11. The van der Waals surface area contributed by atoms with Crippen LogP contribution in [0.2, 0.25) is 0 Å². The summed E-state index contributed by atoms with van der Waals surface area (Å²) >= 11 is 0. The van der Waals surface area contributed by atoms with Crippen molar-refractivity contribution in [2.75, 3.05) is 26.2 Å². The topological polar surface area (TPSA) is 37.6 Å². The molecule has 120 valence electrons. The molecule has 4 heteroatoms. The molecule has 0 bridgehead atoms. The molecule has 2 rings (SSSR count). The molecule has 2 heterocycles. The smallest absolute Gasteiger partial charge is 0.122 e. The zero-order chi connectivity index (χ0) is 15.1. The normalized spacial score (nSPS) is 17.7. The molecule has 21 heavy (non-hydrogen) atoms. The number of hydrogen-bond donors (Lipinski definition) is 1. The second-order valence-electron chi connectivity index (χ2n) is 6.32. The lowest BCUT2D eigenvalue weighted by Crippen LogP contribution is -2.36. The van der Waals surface area contributed by atoms with E-state index in [1.54, 1.807) is 0 Å². The molecule has 1 aromatic rings. The standard InChI is InChI=1S/C17H30N2O2/c1-4-20-16-5-8-19(9-6-16)13-15-7-10-21-17(15)12-18-11-14(2)3/h7,10,14,16,18H,4-6,8-9,11-13H2,1-3H3. The van der Waals surface area contributed by atoms with Gasteiger partial charge in [0.25, 0.3) is 0 Å². The number of nitrogens with one attached hydrogen (secondary N) is 1. The summed E-state index contributed by atoms with van der Waals surface area (Å²) in [5.41, 5.74) is 1.32. The van der Waals surface area contributed by atoms with Crippen molar-refractivity contribution in [3.63, 3.8) is 0 Å². The highest BCUT2D eigenvalue weighted by Gasteiger charge is 2.20. The van der Waals surface area contributed by atoms with Crippen molar-refractivity contribution in [3.05, 3.63) is 23.7 Å². The van der Waals surface area contributed by atoms with Gasteiger partial charge in [-0.25, -0.2) is 0 Å². The number of likely N-dealkylation sites (tertiary alicyclic amines) is 1. The van der Waals surface area contributed by atoms with Gasteiger partial charge in [-0.1, -0.05) is 13.8 Å². The van der Waals surface area contributed by atoms with E-state index < -0.39 is 0 Å². The molecule has 4 nitrogen and oxygen atoms in total. The summed E-state index contributed by atoms with van der Waals surface area (Å²) in [6.07, 6.45) is 4.57. The van der Waals surface area contributed by atoms with E-state index in [4.69, 9.17) is 9.15 Å². The summed E-state index contributed by atoms with van der Waals surface area (Å²) < 4.78 is 11.3. The fraction of sp³-hybridized carbons (Fsp3) is 0.765. The first-order valence-electron chi connectivity index (χ1n) is 8.29. The van der Waals surface area contributed by atoms with Gasteiger partial charge in [0, 0.05) is 31.8 Å². The lowest BCUT2D eigenvalue weighted by atomic mass is 10.1. The number of furan rings is 1.